The Morgan fingerprint density at radius 1 is 1.20 bits per heavy atom. The number of benzene rings is 1. The Hall–Kier alpha value is -3.18. The second-order valence-electron chi connectivity index (χ2n) is 12.1. The van der Waals surface area contributed by atoms with Crippen molar-refractivity contribution in [2.75, 3.05) is 37.6 Å². The van der Waals surface area contributed by atoms with E-state index in [1.165, 1.54) is 17.2 Å². The first-order chi connectivity index (χ1) is 20.9. The summed E-state index contributed by atoms with van der Waals surface area (Å²) in [5.74, 6) is -1.37. The zero-order chi connectivity index (χ0) is 30.6. The van der Waals surface area contributed by atoms with E-state index in [-0.39, 0.29) is 72.5 Å². The van der Waals surface area contributed by atoms with Gasteiger partial charge in [-0.3, -0.25) is 9.88 Å². The predicted octanol–water partition coefficient (Wildman–Crippen LogP) is 4.45. The highest BCUT2D eigenvalue weighted by Gasteiger charge is 2.49. The number of anilines is 1. The van der Waals surface area contributed by atoms with Gasteiger partial charge >= 0.3 is 6.01 Å². The van der Waals surface area contributed by atoms with E-state index in [0.29, 0.717) is 29.7 Å². The number of aromatic nitrogens is 3. The van der Waals surface area contributed by atoms with E-state index in [4.69, 9.17) is 13.8 Å². The smallest absolute Gasteiger partial charge is 0.319 e. The minimum Gasteiger partial charge on any atom is -0.508 e. The fraction of sp³-hybridized carbons (Fsp3) is 0.567. The third-order valence-electron chi connectivity index (χ3n) is 9.41. The quantitative estimate of drug-likeness (QED) is 0.451. The molecule has 41 heavy (non-hydrogen) atoms. The molecule has 216 valence electrons. The fourth-order valence-electron chi connectivity index (χ4n) is 7.17. The van der Waals surface area contributed by atoms with E-state index in [1.54, 1.807) is 0 Å². The van der Waals surface area contributed by atoms with Crippen molar-refractivity contribution in [3.63, 3.8) is 0 Å². The van der Waals surface area contributed by atoms with Crippen molar-refractivity contribution in [3.05, 3.63) is 35.5 Å². The molecule has 2 unspecified atom stereocenters. The van der Waals surface area contributed by atoms with E-state index in [2.05, 4.69) is 20.2 Å². The van der Waals surface area contributed by atoms with Crippen molar-refractivity contribution in [1.29, 1.82) is 0 Å². The van der Waals surface area contributed by atoms with Gasteiger partial charge < -0.3 is 20.1 Å². The number of hydrogen-bond acceptors (Lipinski definition) is 8. The van der Waals surface area contributed by atoms with Gasteiger partial charge in [-0.2, -0.15) is 9.97 Å². The molecule has 8 nitrogen and oxygen atoms in total. The largest absolute Gasteiger partial charge is 0.508 e. The molecule has 1 aromatic carbocycles. The summed E-state index contributed by atoms with van der Waals surface area (Å²) in [5, 5.41) is 14.1. The molecule has 11 heteroatoms. The number of rotatable bonds is 6. The van der Waals surface area contributed by atoms with Crippen LogP contribution in [0.1, 0.15) is 60.5 Å². The zero-order valence-electron chi connectivity index (χ0n) is 25.5. The van der Waals surface area contributed by atoms with Gasteiger partial charge in [0.15, 0.2) is 5.82 Å². The average Bonchev–Trinajstić information content (AvgIpc) is 3.74. The summed E-state index contributed by atoms with van der Waals surface area (Å²) in [5.41, 5.74) is -0.769. The number of piperidine rings is 2. The molecule has 0 amide bonds. The van der Waals surface area contributed by atoms with Crippen LogP contribution >= 0.6 is 0 Å². The number of alkyl halides is 1. The van der Waals surface area contributed by atoms with Crippen LogP contribution in [0.15, 0.2) is 18.3 Å². The van der Waals surface area contributed by atoms with E-state index >= 15 is 8.78 Å². The van der Waals surface area contributed by atoms with E-state index in [9.17, 15) is 9.50 Å². The summed E-state index contributed by atoms with van der Waals surface area (Å²) in [6, 6.07) is 2.56. The van der Waals surface area contributed by atoms with Gasteiger partial charge in [0.2, 0.25) is 0 Å². The Labute approximate surface area is 240 Å². The average molecular weight is 570 g/mol. The molecule has 6 fully saturated rings. The fourth-order valence-corrected chi connectivity index (χ4v) is 7.17. The van der Waals surface area contributed by atoms with Crippen LogP contribution in [-0.4, -0.2) is 81.5 Å². The number of phenols is 1. The monoisotopic (exact) mass is 569 g/mol. The molecule has 6 aliphatic rings. The van der Waals surface area contributed by atoms with Gasteiger partial charge in [0.05, 0.1) is 12.3 Å². The van der Waals surface area contributed by atoms with Crippen molar-refractivity contribution in [2.24, 2.45) is 0 Å². The molecule has 0 spiro atoms. The van der Waals surface area contributed by atoms with Crippen LogP contribution < -0.4 is 15.0 Å². The molecule has 4 atom stereocenters. The van der Waals surface area contributed by atoms with Gasteiger partial charge in [-0.25, -0.2) is 13.2 Å². The summed E-state index contributed by atoms with van der Waals surface area (Å²) in [4.78, 5) is 17.1. The molecule has 5 saturated heterocycles. The Bertz CT molecular complexity index is 1670. The Morgan fingerprint density at radius 2 is 2.07 bits per heavy atom. The molecule has 0 radical (unpaired) electrons. The second kappa shape index (κ2) is 9.42. The third kappa shape index (κ3) is 4.22. The molecular weight excluding hydrogens is 533 g/mol. The first-order valence-corrected chi connectivity index (χ1v) is 14.4. The lowest BCUT2D eigenvalue weighted by atomic mass is 9.93. The molecule has 1 aliphatic carbocycles. The van der Waals surface area contributed by atoms with Gasteiger partial charge in [0, 0.05) is 64.3 Å². The van der Waals surface area contributed by atoms with Crippen molar-refractivity contribution in [2.45, 2.75) is 74.6 Å². The standard InChI is InChI=1S/C30H33F3N6O2/c31-17-10-30(6-1-7-38(30)13-17)15-41-29-36-27-22(28(37-29)39-14-18-4-5-19(39)11-34-18)12-35-26(25(27)33)21-8-20(40)9-23(32)24(21)16-2-3-16/h8-9,12,16-19,34,40H,1-7,10-11,13-15H2/t17-,18?,19?,30+/m0/s1/i7D2,17D. The number of fused-ring (bicyclic) bond motifs is 5. The van der Waals surface area contributed by atoms with Gasteiger partial charge in [-0.15, -0.1) is 0 Å². The topological polar surface area (TPSA) is 86.6 Å². The summed E-state index contributed by atoms with van der Waals surface area (Å²) in [7, 11) is 0. The van der Waals surface area contributed by atoms with Crippen molar-refractivity contribution in [1.82, 2.24) is 25.2 Å². The van der Waals surface area contributed by atoms with Gasteiger partial charge in [0.1, 0.15) is 41.3 Å². The second-order valence-corrected chi connectivity index (χ2v) is 12.1. The van der Waals surface area contributed by atoms with Crippen LogP contribution in [0.5, 0.6) is 11.8 Å². The minimum atomic E-state index is -2.32. The van der Waals surface area contributed by atoms with E-state index < -0.39 is 29.8 Å². The highest BCUT2D eigenvalue weighted by atomic mass is 19.1. The van der Waals surface area contributed by atoms with Gasteiger partial charge in [0.25, 0.3) is 0 Å². The number of pyridine rings is 1. The lowest BCUT2D eigenvalue weighted by molar-refractivity contribution is 0.107. The molecule has 9 rings (SSSR count). The third-order valence-corrected chi connectivity index (χ3v) is 9.41. The highest BCUT2D eigenvalue weighted by molar-refractivity contribution is 5.92. The molecule has 2 bridgehead atoms. The van der Waals surface area contributed by atoms with Crippen LogP contribution in [-0.2, 0) is 0 Å². The van der Waals surface area contributed by atoms with Crippen LogP contribution in [0.3, 0.4) is 0 Å². The first-order valence-electron chi connectivity index (χ1n) is 15.9. The van der Waals surface area contributed by atoms with Crippen LogP contribution in [0.25, 0.3) is 22.2 Å². The van der Waals surface area contributed by atoms with E-state index in [1.807, 2.05) is 0 Å². The minimum absolute atomic E-state index is 0.0715. The maximum Gasteiger partial charge on any atom is 0.319 e. The molecule has 2 N–H and O–H groups in total. The maximum absolute atomic E-state index is 16.6. The predicted molar refractivity (Wildman–Crippen MR) is 147 cm³/mol. The summed E-state index contributed by atoms with van der Waals surface area (Å²) in [6.07, 6.45) is 2.86. The first kappa shape index (κ1) is 22.4. The molecule has 2 aromatic heterocycles. The molecular formula is C30H33F3N6O2. The summed E-state index contributed by atoms with van der Waals surface area (Å²) < 4.78 is 77.4. The number of piperazine rings is 1. The maximum atomic E-state index is 16.6. The van der Waals surface area contributed by atoms with Crippen molar-refractivity contribution in [3.8, 4) is 23.0 Å². The van der Waals surface area contributed by atoms with Crippen LogP contribution in [0.2, 0.25) is 0 Å². The highest BCUT2D eigenvalue weighted by Crippen LogP contribution is 2.47. The number of nitrogens with zero attached hydrogens (tertiary/aromatic N) is 5. The SMILES string of the molecule is [2H]C1([2H])CC[C@]2(COc3nc(N4CC5CCC4CN5)c4cnc(-c5cc(O)cc(F)c5C5CC5)c(F)c4n3)C[C@]([2H])(F)CN12. The van der Waals surface area contributed by atoms with Crippen molar-refractivity contribution < 1.29 is 27.1 Å². The van der Waals surface area contributed by atoms with E-state index in [0.717, 1.165) is 38.3 Å². The number of phenolic OH excluding ortho intramolecular Hbond substituents is 1. The molecule has 7 heterocycles. The molecule has 5 aliphatic heterocycles. The number of nitrogens with one attached hydrogen (secondary N) is 1. The molecule has 3 aromatic rings. The summed E-state index contributed by atoms with van der Waals surface area (Å²) >= 11 is 0. The Morgan fingerprint density at radius 3 is 2.83 bits per heavy atom. The lowest BCUT2D eigenvalue weighted by Crippen LogP contribution is -2.61. The zero-order valence-corrected chi connectivity index (χ0v) is 22.5. The van der Waals surface area contributed by atoms with Crippen LogP contribution in [0.4, 0.5) is 19.0 Å². The number of aromatic hydroxyl groups is 1. The number of hydrogen-bond donors (Lipinski definition) is 2. The summed E-state index contributed by atoms with van der Waals surface area (Å²) in [6.45, 7) is -0.938. The number of halogens is 3. The van der Waals surface area contributed by atoms with Crippen molar-refractivity contribution >= 4 is 16.7 Å². The molecule has 1 saturated carbocycles. The Kier molecular flexibility index (Phi) is 5.15. The number of ether oxygens (including phenoxy) is 1. The normalized spacial score (nSPS) is 33.5. The lowest BCUT2D eigenvalue weighted by Gasteiger charge is -2.46. The van der Waals surface area contributed by atoms with Crippen LogP contribution in [0, 0.1) is 11.6 Å². The Balaban J connectivity index is 1.23. The van der Waals surface area contributed by atoms with Gasteiger partial charge in [-0.1, -0.05) is 0 Å². The van der Waals surface area contributed by atoms with Gasteiger partial charge in [-0.05, 0) is 57.0 Å².